The van der Waals surface area contributed by atoms with Gasteiger partial charge in [-0.2, -0.15) is 0 Å². The quantitative estimate of drug-likeness (QED) is 0.484. The predicted octanol–water partition coefficient (Wildman–Crippen LogP) is 1.000. The molecule has 0 spiro atoms. The first-order valence-corrected chi connectivity index (χ1v) is 7.04. The van der Waals surface area contributed by atoms with Crippen LogP contribution in [0.5, 0.6) is 0 Å². The third-order valence-corrected chi connectivity index (χ3v) is 4.45. The molecule has 124 valence electrons. The molecule has 0 aromatic heterocycles. The normalized spacial score (nSPS) is 24.6. The van der Waals surface area contributed by atoms with Gasteiger partial charge in [-0.05, 0) is 43.4 Å². The number of carboxylic acids is 4. The summed E-state index contributed by atoms with van der Waals surface area (Å²) < 4.78 is 0. The standard InChI is InChI=1S/C14H20O8/c1-6-2-7(4-9(11(15)16)12(17)18)3-8(6)5-10(13(19)20)14(21)22/h6-10H,2-5H2,1H3,(H,15,16)(H,17,18)(H,19,20)(H,21,22). The largest absolute Gasteiger partial charge is 0.481 e. The van der Waals surface area contributed by atoms with Crippen LogP contribution in [0.25, 0.3) is 0 Å². The van der Waals surface area contributed by atoms with Gasteiger partial charge in [0.25, 0.3) is 0 Å². The zero-order valence-corrected chi connectivity index (χ0v) is 12.1. The molecule has 3 atom stereocenters. The summed E-state index contributed by atoms with van der Waals surface area (Å²) in [6.45, 7) is 1.85. The molecule has 4 N–H and O–H groups in total. The molecule has 0 aromatic carbocycles. The van der Waals surface area contributed by atoms with E-state index in [4.69, 9.17) is 20.4 Å². The summed E-state index contributed by atoms with van der Waals surface area (Å²) in [5.74, 6) is -8.81. The fourth-order valence-corrected chi connectivity index (χ4v) is 3.25. The SMILES string of the molecule is CC1CC(CC(C(=O)O)C(=O)O)CC1CC(C(=O)O)C(=O)O. The van der Waals surface area contributed by atoms with E-state index in [0.29, 0.717) is 12.8 Å². The van der Waals surface area contributed by atoms with Crippen LogP contribution in [0.1, 0.15) is 32.6 Å². The van der Waals surface area contributed by atoms with Gasteiger partial charge in [0.15, 0.2) is 11.8 Å². The highest BCUT2D eigenvalue weighted by atomic mass is 16.4. The van der Waals surface area contributed by atoms with Crippen molar-refractivity contribution < 1.29 is 39.6 Å². The maximum atomic E-state index is 10.9. The van der Waals surface area contributed by atoms with Crippen molar-refractivity contribution in [1.29, 1.82) is 0 Å². The van der Waals surface area contributed by atoms with Gasteiger partial charge in [0, 0.05) is 0 Å². The van der Waals surface area contributed by atoms with Crippen molar-refractivity contribution in [3.05, 3.63) is 0 Å². The fourth-order valence-electron chi connectivity index (χ4n) is 3.25. The Kier molecular flexibility index (Phi) is 5.90. The summed E-state index contributed by atoms with van der Waals surface area (Å²) in [7, 11) is 0. The first-order chi connectivity index (χ1) is 10.1. The smallest absolute Gasteiger partial charge is 0.317 e. The summed E-state index contributed by atoms with van der Waals surface area (Å²) in [4.78, 5) is 43.7. The van der Waals surface area contributed by atoms with E-state index in [1.807, 2.05) is 6.92 Å². The van der Waals surface area contributed by atoms with E-state index in [1.165, 1.54) is 0 Å². The number of carbonyl (C=O) groups is 4. The number of aliphatic carboxylic acids is 4. The molecule has 0 bridgehead atoms. The maximum absolute atomic E-state index is 10.9. The topological polar surface area (TPSA) is 149 Å². The number of hydrogen-bond donors (Lipinski definition) is 4. The van der Waals surface area contributed by atoms with Gasteiger partial charge in [-0.25, -0.2) is 0 Å². The lowest BCUT2D eigenvalue weighted by Gasteiger charge is -2.17. The molecular weight excluding hydrogens is 296 g/mol. The highest BCUT2D eigenvalue weighted by Gasteiger charge is 2.39. The molecule has 0 amide bonds. The molecule has 0 aliphatic heterocycles. The molecule has 0 saturated heterocycles. The third-order valence-electron chi connectivity index (χ3n) is 4.45. The summed E-state index contributed by atoms with van der Waals surface area (Å²) >= 11 is 0. The minimum absolute atomic E-state index is 0.0175. The van der Waals surface area contributed by atoms with Crippen molar-refractivity contribution in [2.24, 2.45) is 29.6 Å². The second kappa shape index (κ2) is 7.24. The molecule has 1 fully saturated rings. The van der Waals surface area contributed by atoms with Crippen molar-refractivity contribution in [2.75, 3.05) is 0 Å². The van der Waals surface area contributed by atoms with Gasteiger partial charge in [-0.15, -0.1) is 0 Å². The Bertz CT molecular complexity index is 443. The van der Waals surface area contributed by atoms with Gasteiger partial charge in [0.1, 0.15) is 0 Å². The Balaban J connectivity index is 2.68. The Morgan fingerprint density at radius 2 is 1.23 bits per heavy atom. The molecule has 0 aromatic rings. The van der Waals surface area contributed by atoms with Crippen molar-refractivity contribution in [3.63, 3.8) is 0 Å². The Morgan fingerprint density at radius 1 is 0.818 bits per heavy atom. The summed E-state index contributed by atoms with van der Waals surface area (Å²) in [6.07, 6.45) is 0.992. The predicted molar refractivity (Wildman–Crippen MR) is 72.1 cm³/mol. The lowest BCUT2D eigenvalue weighted by Crippen LogP contribution is -2.27. The van der Waals surface area contributed by atoms with Gasteiger partial charge < -0.3 is 20.4 Å². The second-order valence-corrected chi connectivity index (χ2v) is 6.00. The van der Waals surface area contributed by atoms with E-state index in [-0.39, 0.29) is 30.6 Å². The molecule has 0 heterocycles. The molecule has 8 nitrogen and oxygen atoms in total. The Labute approximate surface area is 126 Å². The average molecular weight is 316 g/mol. The van der Waals surface area contributed by atoms with Crippen LogP contribution in [0.4, 0.5) is 0 Å². The minimum atomic E-state index is -1.49. The lowest BCUT2D eigenvalue weighted by atomic mass is 9.87. The highest BCUT2D eigenvalue weighted by Crippen LogP contribution is 2.42. The average Bonchev–Trinajstić information content (AvgIpc) is 2.71. The molecule has 3 unspecified atom stereocenters. The zero-order chi connectivity index (χ0) is 17.0. The zero-order valence-electron chi connectivity index (χ0n) is 12.1. The molecule has 0 radical (unpaired) electrons. The Hall–Kier alpha value is -2.12. The van der Waals surface area contributed by atoms with Crippen LogP contribution in [0.2, 0.25) is 0 Å². The van der Waals surface area contributed by atoms with Gasteiger partial charge >= 0.3 is 23.9 Å². The molecule has 1 aliphatic rings. The van der Waals surface area contributed by atoms with Crippen LogP contribution in [-0.4, -0.2) is 44.3 Å². The van der Waals surface area contributed by atoms with E-state index in [1.54, 1.807) is 0 Å². The van der Waals surface area contributed by atoms with E-state index >= 15 is 0 Å². The van der Waals surface area contributed by atoms with E-state index in [9.17, 15) is 19.2 Å². The molecule has 8 heteroatoms. The first kappa shape index (κ1) is 17.9. The number of hydrogen-bond acceptors (Lipinski definition) is 4. The molecule has 1 rings (SSSR count). The second-order valence-electron chi connectivity index (χ2n) is 6.00. The van der Waals surface area contributed by atoms with Crippen LogP contribution in [0, 0.1) is 29.6 Å². The van der Waals surface area contributed by atoms with Crippen LogP contribution < -0.4 is 0 Å². The summed E-state index contributed by atoms with van der Waals surface area (Å²) in [5.41, 5.74) is 0. The van der Waals surface area contributed by atoms with Crippen LogP contribution in [0.15, 0.2) is 0 Å². The minimum Gasteiger partial charge on any atom is -0.481 e. The van der Waals surface area contributed by atoms with Crippen LogP contribution in [0.3, 0.4) is 0 Å². The van der Waals surface area contributed by atoms with Gasteiger partial charge in [-0.3, -0.25) is 19.2 Å². The van der Waals surface area contributed by atoms with Crippen molar-refractivity contribution in [2.45, 2.75) is 32.6 Å². The summed E-state index contributed by atoms with van der Waals surface area (Å²) in [6, 6.07) is 0. The van der Waals surface area contributed by atoms with Gasteiger partial charge in [0.2, 0.25) is 0 Å². The molecule has 22 heavy (non-hydrogen) atoms. The molecular formula is C14H20O8. The van der Waals surface area contributed by atoms with E-state index in [0.717, 1.165) is 0 Å². The van der Waals surface area contributed by atoms with Crippen molar-refractivity contribution in [3.8, 4) is 0 Å². The molecule has 1 saturated carbocycles. The number of carboxylic acid groups (broad SMARTS) is 4. The van der Waals surface area contributed by atoms with Crippen molar-refractivity contribution in [1.82, 2.24) is 0 Å². The van der Waals surface area contributed by atoms with E-state index < -0.39 is 35.7 Å². The monoisotopic (exact) mass is 316 g/mol. The highest BCUT2D eigenvalue weighted by molar-refractivity contribution is 5.93. The van der Waals surface area contributed by atoms with Gasteiger partial charge in [0.05, 0.1) is 0 Å². The van der Waals surface area contributed by atoms with E-state index in [2.05, 4.69) is 0 Å². The first-order valence-electron chi connectivity index (χ1n) is 7.04. The van der Waals surface area contributed by atoms with Crippen LogP contribution in [-0.2, 0) is 19.2 Å². The van der Waals surface area contributed by atoms with Crippen molar-refractivity contribution >= 4 is 23.9 Å². The molecule has 1 aliphatic carbocycles. The lowest BCUT2D eigenvalue weighted by molar-refractivity contribution is -0.157. The summed E-state index contributed by atoms with van der Waals surface area (Å²) in [5, 5.41) is 35.6. The van der Waals surface area contributed by atoms with Crippen LogP contribution >= 0.6 is 0 Å². The Morgan fingerprint density at radius 3 is 1.64 bits per heavy atom. The maximum Gasteiger partial charge on any atom is 0.317 e. The van der Waals surface area contributed by atoms with Gasteiger partial charge in [-0.1, -0.05) is 6.92 Å². The fraction of sp³-hybridized carbons (Fsp3) is 0.714. The third kappa shape index (κ3) is 4.44. The number of rotatable bonds is 8.